The number of aromatic nitrogens is 2. The Hall–Kier alpha value is -2.66. The molecule has 0 saturated carbocycles. The maximum absolute atomic E-state index is 11.6. The van der Waals surface area contributed by atoms with Gasteiger partial charge < -0.3 is 11.1 Å². The van der Waals surface area contributed by atoms with Gasteiger partial charge in [0, 0.05) is 23.6 Å². The van der Waals surface area contributed by atoms with Gasteiger partial charge in [-0.05, 0) is 49.0 Å². The monoisotopic (exact) mass is 324 g/mol. The number of benzene rings is 2. The highest BCUT2D eigenvalue weighted by molar-refractivity contribution is 6.04. The Kier molecular flexibility index (Phi) is 2.79. The molecule has 1 fully saturated rings. The van der Waals surface area contributed by atoms with E-state index in [0.717, 1.165) is 16.6 Å². The Morgan fingerprint density at radius 2 is 2.12 bits per heavy atom. The van der Waals surface area contributed by atoms with Gasteiger partial charge in [0.25, 0.3) is 5.91 Å². The highest BCUT2D eigenvalue weighted by atomic mass is 16.1. The van der Waals surface area contributed by atoms with Crippen LogP contribution >= 0.6 is 0 Å². The lowest BCUT2D eigenvalue weighted by Gasteiger charge is -2.23. The summed E-state index contributed by atoms with van der Waals surface area (Å²) >= 11 is 0. The Morgan fingerprint density at radius 3 is 2.92 bits per heavy atom. The summed E-state index contributed by atoms with van der Waals surface area (Å²) in [6.45, 7) is -1.72. The molecule has 2 aromatic carbocycles. The molecule has 2 heterocycles. The fourth-order valence-electron chi connectivity index (χ4n) is 2.88. The van der Waals surface area contributed by atoms with Crippen LogP contribution in [0.2, 0.25) is 0 Å². The minimum absolute atomic E-state index is 0.363. The van der Waals surface area contributed by atoms with Gasteiger partial charge in [-0.1, -0.05) is 24.3 Å². The van der Waals surface area contributed by atoms with Crippen molar-refractivity contribution >= 4 is 16.8 Å². The summed E-state index contributed by atoms with van der Waals surface area (Å²) in [5.41, 5.74) is 7.86. The van der Waals surface area contributed by atoms with Crippen molar-refractivity contribution < 1.29 is 10.3 Å². The van der Waals surface area contributed by atoms with Gasteiger partial charge in [0.05, 0.1) is 11.3 Å². The maximum Gasteiger partial charge on any atom is 0.250 e. The number of fused-ring (bicyclic) bond motifs is 1. The largest absolute Gasteiger partial charge is 0.366 e. The standard InChI is InChI=1S/C19H20N4O/c20-19(24)17-5-1-3-15-12-23(22-18(15)17)16-8-6-13(7-9-16)14-4-2-10-21-11-14/h1,3,5-9,12,14,21H,2,4,10-11H2,(H2,20,24)/i2D,4D,10D,11D. The molecule has 0 spiro atoms. The average Bonchev–Trinajstić information content (AvgIpc) is 3.11. The van der Waals surface area contributed by atoms with Crippen LogP contribution in [0.15, 0.2) is 48.7 Å². The zero-order chi connectivity index (χ0) is 20.0. The van der Waals surface area contributed by atoms with Crippen LogP contribution in [0.4, 0.5) is 0 Å². The number of hydrogen-bond acceptors (Lipinski definition) is 3. The molecule has 0 radical (unpaired) electrons. The summed E-state index contributed by atoms with van der Waals surface area (Å²) in [5.74, 6) is -1.02. The number of hydrogen-bond donors (Lipinski definition) is 2. The second-order valence-electron chi connectivity index (χ2n) is 5.68. The van der Waals surface area contributed by atoms with E-state index in [0.29, 0.717) is 11.1 Å². The predicted molar refractivity (Wildman–Crippen MR) is 94.4 cm³/mol. The summed E-state index contributed by atoms with van der Waals surface area (Å²) in [7, 11) is 0. The molecular weight excluding hydrogens is 300 g/mol. The Morgan fingerprint density at radius 1 is 1.29 bits per heavy atom. The molecule has 1 saturated heterocycles. The minimum atomic E-state index is -0.920. The summed E-state index contributed by atoms with van der Waals surface area (Å²) in [4.78, 5) is 11.6. The van der Waals surface area contributed by atoms with Crippen LogP contribution in [0, 0.1) is 0 Å². The topological polar surface area (TPSA) is 72.9 Å². The molecule has 122 valence electrons. The zero-order valence-electron chi connectivity index (χ0n) is 16.9. The van der Waals surface area contributed by atoms with Gasteiger partial charge in [0.15, 0.2) is 0 Å². The van der Waals surface area contributed by atoms with Crippen LogP contribution in [-0.2, 0) is 0 Å². The molecule has 0 bridgehead atoms. The van der Waals surface area contributed by atoms with E-state index in [-0.39, 0.29) is 0 Å². The van der Waals surface area contributed by atoms with Crippen LogP contribution in [0.25, 0.3) is 16.6 Å². The average molecular weight is 324 g/mol. The molecule has 1 aliphatic heterocycles. The third-order valence-corrected chi connectivity index (χ3v) is 4.13. The quantitative estimate of drug-likeness (QED) is 0.778. The SMILES string of the molecule is [2H]C1NC([2H])C(c2ccc(-n3cc4cccc(C(N)=O)c4n3)cc2)C([2H])C1[2H]. The molecule has 4 rings (SSSR count). The summed E-state index contributed by atoms with van der Waals surface area (Å²) in [6.07, 6.45) is 0.0572. The van der Waals surface area contributed by atoms with Gasteiger partial charge in [-0.15, -0.1) is 0 Å². The van der Waals surface area contributed by atoms with Crippen LogP contribution in [-0.4, -0.2) is 28.7 Å². The summed E-state index contributed by atoms with van der Waals surface area (Å²) < 4.78 is 33.8. The molecular formula is C19H20N4O. The van der Waals surface area contributed by atoms with E-state index >= 15 is 0 Å². The third kappa shape index (κ3) is 2.67. The van der Waals surface area contributed by atoms with Crippen molar-refractivity contribution in [2.75, 3.05) is 13.0 Å². The molecule has 1 aliphatic rings. The fraction of sp³-hybridized carbons (Fsp3) is 0.263. The molecule has 3 aromatic rings. The molecule has 3 N–H and O–H groups in total. The predicted octanol–water partition coefficient (Wildman–Crippen LogP) is 2.59. The first-order chi connectivity index (χ1) is 13.4. The van der Waals surface area contributed by atoms with Crippen LogP contribution in [0.1, 0.15) is 40.1 Å². The van der Waals surface area contributed by atoms with Gasteiger partial charge in [-0.25, -0.2) is 4.68 Å². The normalized spacial score (nSPS) is 32.6. The molecule has 0 aliphatic carbocycles. The molecule has 1 aromatic heterocycles. The minimum Gasteiger partial charge on any atom is -0.366 e. The molecule has 5 atom stereocenters. The third-order valence-electron chi connectivity index (χ3n) is 4.13. The van der Waals surface area contributed by atoms with Crippen molar-refractivity contribution in [3.05, 3.63) is 59.8 Å². The zero-order valence-corrected chi connectivity index (χ0v) is 12.9. The first-order valence-corrected chi connectivity index (χ1v) is 7.70. The van der Waals surface area contributed by atoms with Gasteiger partial charge >= 0.3 is 0 Å². The second kappa shape index (κ2) is 6.09. The molecule has 5 unspecified atom stereocenters. The number of primary amides is 1. The van der Waals surface area contributed by atoms with Crippen LogP contribution in [0.5, 0.6) is 0 Å². The Labute approximate surface area is 146 Å². The number of nitrogens with zero attached hydrogens (tertiary/aromatic N) is 2. The van der Waals surface area contributed by atoms with E-state index in [1.807, 2.05) is 36.5 Å². The molecule has 5 heteroatoms. The number of carbonyl (C=O) groups excluding carboxylic acids is 1. The lowest BCUT2D eigenvalue weighted by atomic mass is 9.92. The maximum atomic E-state index is 11.6. The number of rotatable bonds is 3. The van der Waals surface area contributed by atoms with Crippen molar-refractivity contribution in [2.24, 2.45) is 5.73 Å². The summed E-state index contributed by atoms with van der Waals surface area (Å²) in [6, 6.07) is 12.6. The highest BCUT2D eigenvalue weighted by Crippen LogP contribution is 2.25. The lowest BCUT2D eigenvalue weighted by Crippen LogP contribution is -2.28. The summed E-state index contributed by atoms with van der Waals surface area (Å²) in [5, 5.41) is 8.03. The van der Waals surface area contributed by atoms with Gasteiger partial charge in [-0.3, -0.25) is 4.79 Å². The van der Waals surface area contributed by atoms with Crippen molar-refractivity contribution in [3.63, 3.8) is 0 Å². The number of nitrogens with two attached hydrogens (primary N) is 1. The van der Waals surface area contributed by atoms with Gasteiger partial charge in [-0.2, -0.15) is 5.10 Å². The van der Waals surface area contributed by atoms with Crippen molar-refractivity contribution in [2.45, 2.75) is 18.7 Å². The van der Waals surface area contributed by atoms with Gasteiger partial charge in [0.1, 0.15) is 5.52 Å². The first-order valence-electron chi connectivity index (χ1n) is 10.0. The van der Waals surface area contributed by atoms with E-state index in [4.69, 9.17) is 11.2 Å². The van der Waals surface area contributed by atoms with E-state index in [1.165, 1.54) is 0 Å². The van der Waals surface area contributed by atoms with E-state index < -0.39 is 37.7 Å². The van der Waals surface area contributed by atoms with Gasteiger partial charge in [0.2, 0.25) is 0 Å². The lowest BCUT2D eigenvalue weighted by molar-refractivity contribution is 0.100. The van der Waals surface area contributed by atoms with E-state index in [1.54, 1.807) is 16.8 Å². The number of piperidine rings is 1. The van der Waals surface area contributed by atoms with E-state index in [2.05, 4.69) is 10.4 Å². The first kappa shape index (κ1) is 11.0. The van der Waals surface area contributed by atoms with Crippen LogP contribution < -0.4 is 11.1 Å². The fourth-order valence-corrected chi connectivity index (χ4v) is 2.88. The number of carbonyl (C=O) groups is 1. The van der Waals surface area contributed by atoms with E-state index in [9.17, 15) is 4.79 Å². The Bertz CT molecular complexity index is 1020. The van der Waals surface area contributed by atoms with Crippen molar-refractivity contribution in [1.29, 1.82) is 0 Å². The highest BCUT2D eigenvalue weighted by Gasteiger charge is 2.15. The number of amides is 1. The van der Waals surface area contributed by atoms with Crippen molar-refractivity contribution in [1.82, 2.24) is 15.1 Å². The van der Waals surface area contributed by atoms with Crippen LogP contribution in [0.3, 0.4) is 0 Å². The number of nitrogens with one attached hydrogen (secondary N) is 1. The second-order valence-corrected chi connectivity index (χ2v) is 5.68. The smallest absolute Gasteiger partial charge is 0.250 e. The molecule has 1 amide bonds. The van der Waals surface area contributed by atoms with Crippen molar-refractivity contribution in [3.8, 4) is 5.69 Å². The molecule has 5 nitrogen and oxygen atoms in total. The Balaban J connectivity index is 1.66. The molecule has 24 heavy (non-hydrogen) atoms.